The van der Waals surface area contributed by atoms with Gasteiger partial charge in [0.05, 0.1) is 12.5 Å². The summed E-state index contributed by atoms with van der Waals surface area (Å²) in [5.74, 6) is 1.55. The quantitative estimate of drug-likeness (QED) is 0.709. The number of aryl methyl sites for hydroxylation is 1. The number of aromatic nitrogens is 4. The fourth-order valence-electron chi connectivity index (χ4n) is 2.93. The average molecular weight is 364 g/mol. The SMILES string of the molecule is Cc1ccc(CNC(=O)CN2CC(c3nc(-c4ncccn4)no3)C2)cc1. The van der Waals surface area contributed by atoms with E-state index in [4.69, 9.17) is 4.52 Å². The van der Waals surface area contributed by atoms with E-state index < -0.39 is 0 Å². The maximum absolute atomic E-state index is 12.1. The maximum atomic E-state index is 12.1. The monoisotopic (exact) mass is 364 g/mol. The predicted octanol–water partition coefficient (Wildman–Crippen LogP) is 1.55. The zero-order valence-corrected chi connectivity index (χ0v) is 15.0. The lowest BCUT2D eigenvalue weighted by molar-refractivity contribution is -0.123. The van der Waals surface area contributed by atoms with Crippen molar-refractivity contribution in [2.24, 2.45) is 0 Å². The molecule has 1 fully saturated rings. The van der Waals surface area contributed by atoms with Gasteiger partial charge in [-0.3, -0.25) is 9.69 Å². The molecule has 4 rings (SSSR count). The van der Waals surface area contributed by atoms with Crippen molar-refractivity contribution in [1.82, 2.24) is 30.3 Å². The van der Waals surface area contributed by atoms with Crippen LogP contribution >= 0.6 is 0 Å². The van der Waals surface area contributed by atoms with E-state index in [0.717, 1.165) is 18.7 Å². The van der Waals surface area contributed by atoms with Gasteiger partial charge in [-0.2, -0.15) is 4.98 Å². The first-order chi connectivity index (χ1) is 13.2. The molecule has 1 saturated heterocycles. The molecule has 138 valence electrons. The minimum absolute atomic E-state index is 0.0120. The van der Waals surface area contributed by atoms with Gasteiger partial charge >= 0.3 is 0 Å². The summed E-state index contributed by atoms with van der Waals surface area (Å²) in [5.41, 5.74) is 2.30. The van der Waals surface area contributed by atoms with Crippen LogP contribution in [0.2, 0.25) is 0 Å². The number of nitrogens with zero attached hydrogens (tertiary/aromatic N) is 5. The number of hydrogen-bond donors (Lipinski definition) is 1. The number of carbonyl (C=O) groups is 1. The lowest BCUT2D eigenvalue weighted by Crippen LogP contribution is -2.49. The standard InChI is InChI=1S/C19H20N6O2/c1-13-3-5-14(6-4-13)9-22-16(26)12-25-10-15(11-25)19-23-18(24-27-19)17-20-7-2-8-21-17/h2-8,15H,9-12H2,1H3,(H,22,26). The van der Waals surface area contributed by atoms with Crippen molar-refractivity contribution in [2.75, 3.05) is 19.6 Å². The Morgan fingerprint density at radius 3 is 2.67 bits per heavy atom. The number of nitrogens with one attached hydrogen (secondary N) is 1. The molecule has 8 heteroatoms. The van der Waals surface area contributed by atoms with E-state index in [1.165, 1.54) is 5.56 Å². The smallest absolute Gasteiger partial charge is 0.240 e. The Hall–Kier alpha value is -3.13. The van der Waals surface area contributed by atoms with Crippen molar-refractivity contribution < 1.29 is 9.32 Å². The lowest BCUT2D eigenvalue weighted by atomic mass is 10.0. The lowest BCUT2D eigenvalue weighted by Gasteiger charge is -2.36. The van der Waals surface area contributed by atoms with Gasteiger partial charge in [0.2, 0.25) is 23.4 Å². The highest BCUT2D eigenvalue weighted by molar-refractivity contribution is 5.78. The number of amides is 1. The highest BCUT2D eigenvalue weighted by Crippen LogP contribution is 2.26. The van der Waals surface area contributed by atoms with E-state index in [0.29, 0.717) is 30.6 Å². The van der Waals surface area contributed by atoms with E-state index in [9.17, 15) is 4.79 Å². The van der Waals surface area contributed by atoms with Crippen LogP contribution in [0, 0.1) is 6.92 Å². The Morgan fingerprint density at radius 1 is 1.19 bits per heavy atom. The molecule has 3 aromatic rings. The summed E-state index contributed by atoms with van der Waals surface area (Å²) in [7, 11) is 0. The Kier molecular flexibility index (Phi) is 4.88. The third kappa shape index (κ3) is 4.17. The van der Waals surface area contributed by atoms with Crippen molar-refractivity contribution in [1.29, 1.82) is 0 Å². The summed E-state index contributed by atoms with van der Waals surface area (Å²) < 4.78 is 5.32. The first kappa shape index (κ1) is 17.3. The van der Waals surface area contributed by atoms with Crippen molar-refractivity contribution >= 4 is 5.91 Å². The number of likely N-dealkylation sites (tertiary alicyclic amines) is 1. The van der Waals surface area contributed by atoms with Crippen LogP contribution in [0.15, 0.2) is 47.2 Å². The molecular weight excluding hydrogens is 344 g/mol. The molecule has 1 N–H and O–H groups in total. The van der Waals surface area contributed by atoms with Gasteiger partial charge in [-0.25, -0.2) is 9.97 Å². The second kappa shape index (κ2) is 7.63. The van der Waals surface area contributed by atoms with Gasteiger partial charge in [-0.1, -0.05) is 35.0 Å². The fraction of sp³-hybridized carbons (Fsp3) is 0.316. The van der Waals surface area contributed by atoms with Crippen LogP contribution in [0.3, 0.4) is 0 Å². The van der Waals surface area contributed by atoms with Gasteiger partial charge in [-0.15, -0.1) is 0 Å². The number of hydrogen-bond acceptors (Lipinski definition) is 7. The minimum atomic E-state index is 0.0120. The van der Waals surface area contributed by atoms with E-state index in [1.807, 2.05) is 31.2 Å². The summed E-state index contributed by atoms with van der Waals surface area (Å²) >= 11 is 0. The molecular formula is C19H20N6O2. The predicted molar refractivity (Wildman–Crippen MR) is 97.5 cm³/mol. The molecule has 1 aliphatic heterocycles. The van der Waals surface area contributed by atoms with Gasteiger partial charge in [-0.05, 0) is 18.6 Å². The van der Waals surface area contributed by atoms with E-state index >= 15 is 0 Å². The van der Waals surface area contributed by atoms with Gasteiger partial charge in [0.1, 0.15) is 0 Å². The molecule has 0 atom stereocenters. The molecule has 1 aromatic carbocycles. The third-order valence-corrected chi connectivity index (χ3v) is 4.49. The van der Waals surface area contributed by atoms with Crippen LogP contribution in [-0.4, -0.2) is 50.5 Å². The van der Waals surface area contributed by atoms with Crippen LogP contribution in [0.5, 0.6) is 0 Å². The number of rotatable bonds is 6. The van der Waals surface area contributed by atoms with Crippen LogP contribution in [-0.2, 0) is 11.3 Å². The summed E-state index contributed by atoms with van der Waals surface area (Å²) in [6.07, 6.45) is 3.28. The van der Waals surface area contributed by atoms with Crippen molar-refractivity contribution in [3.05, 3.63) is 59.7 Å². The molecule has 0 spiro atoms. The Labute approximate surface area is 156 Å². The minimum Gasteiger partial charge on any atom is -0.351 e. The van der Waals surface area contributed by atoms with Crippen molar-refractivity contribution in [2.45, 2.75) is 19.4 Å². The second-order valence-corrected chi connectivity index (χ2v) is 6.68. The van der Waals surface area contributed by atoms with Gasteiger partial charge < -0.3 is 9.84 Å². The van der Waals surface area contributed by atoms with Crippen LogP contribution in [0.25, 0.3) is 11.6 Å². The van der Waals surface area contributed by atoms with E-state index in [-0.39, 0.29) is 11.8 Å². The fourth-order valence-corrected chi connectivity index (χ4v) is 2.93. The number of benzene rings is 1. The molecule has 8 nitrogen and oxygen atoms in total. The highest BCUT2D eigenvalue weighted by atomic mass is 16.5. The molecule has 3 heterocycles. The maximum Gasteiger partial charge on any atom is 0.240 e. The van der Waals surface area contributed by atoms with Gasteiger partial charge in [0.25, 0.3) is 0 Å². The molecule has 0 unspecified atom stereocenters. The summed E-state index contributed by atoms with van der Waals surface area (Å²) in [4.78, 5) is 26.7. The molecule has 1 amide bonds. The molecule has 0 saturated carbocycles. The highest BCUT2D eigenvalue weighted by Gasteiger charge is 2.33. The summed E-state index contributed by atoms with van der Waals surface area (Å²) in [6.45, 7) is 4.39. The normalized spacial score (nSPS) is 14.7. The van der Waals surface area contributed by atoms with Gasteiger partial charge in [0.15, 0.2) is 0 Å². The molecule has 27 heavy (non-hydrogen) atoms. The summed E-state index contributed by atoms with van der Waals surface area (Å²) in [6, 6.07) is 9.87. The van der Waals surface area contributed by atoms with Gasteiger partial charge in [0, 0.05) is 32.0 Å². The molecule has 0 aliphatic carbocycles. The molecule has 2 aromatic heterocycles. The first-order valence-electron chi connectivity index (χ1n) is 8.83. The zero-order valence-electron chi connectivity index (χ0n) is 15.0. The Bertz CT molecular complexity index is 903. The Morgan fingerprint density at radius 2 is 1.93 bits per heavy atom. The first-order valence-corrected chi connectivity index (χ1v) is 8.83. The molecule has 0 bridgehead atoms. The van der Waals surface area contributed by atoms with Crippen LogP contribution in [0.4, 0.5) is 0 Å². The van der Waals surface area contributed by atoms with E-state index in [2.05, 4.69) is 30.3 Å². The second-order valence-electron chi connectivity index (χ2n) is 6.68. The average Bonchev–Trinajstić information content (AvgIpc) is 3.14. The van der Waals surface area contributed by atoms with E-state index in [1.54, 1.807) is 18.5 Å². The largest absolute Gasteiger partial charge is 0.351 e. The van der Waals surface area contributed by atoms with Crippen LogP contribution < -0.4 is 5.32 Å². The van der Waals surface area contributed by atoms with Crippen molar-refractivity contribution in [3.8, 4) is 11.6 Å². The topological polar surface area (TPSA) is 97.0 Å². The zero-order chi connectivity index (χ0) is 18.6. The molecule has 0 radical (unpaired) electrons. The summed E-state index contributed by atoms with van der Waals surface area (Å²) in [5, 5.41) is 6.88. The molecule has 1 aliphatic rings. The third-order valence-electron chi connectivity index (χ3n) is 4.49. The number of carbonyl (C=O) groups excluding carboxylic acids is 1. The Balaban J connectivity index is 1.23. The van der Waals surface area contributed by atoms with Crippen molar-refractivity contribution in [3.63, 3.8) is 0 Å². The van der Waals surface area contributed by atoms with Crippen LogP contribution in [0.1, 0.15) is 22.9 Å².